The molecular formula is C20H18F3N3O3S. The summed E-state index contributed by atoms with van der Waals surface area (Å²) in [6.07, 6.45) is -2.52. The molecule has 2 aliphatic rings. The van der Waals surface area contributed by atoms with Crippen LogP contribution in [0.2, 0.25) is 0 Å². The van der Waals surface area contributed by atoms with Crippen LogP contribution < -0.4 is 4.72 Å². The first-order chi connectivity index (χ1) is 14.2. The number of hydrogen-bond donors (Lipinski definition) is 1. The molecule has 6 nitrogen and oxygen atoms in total. The van der Waals surface area contributed by atoms with Crippen LogP contribution in [0.4, 0.5) is 18.0 Å². The molecule has 0 aromatic heterocycles. The van der Waals surface area contributed by atoms with E-state index in [9.17, 15) is 26.4 Å². The summed E-state index contributed by atoms with van der Waals surface area (Å²) in [7, 11) is -4.77. The van der Waals surface area contributed by atoms with Crippen LogP contribution >= 0.6 is 0 Å². The lowest BCUT2D eigenvalue weighted by Gasteiger charge is -2.22. The van der Waals surface area contributed by atoms with Gasteiger partial charge in [-0.05, 0) is 36.5 Å². The minimum absolute atomic E-state index is 0.261. The number of nitrogens with one attached hydrogen (secondary N) is 1. The summed E-state index contributed by atoms with van der Waals surface area (Å²) in [5.74, 6) is 0.261. The minimum atomic E-state index is -4.88. The number of urea groups is 1. The molecule has 1 N–H and O–H groups in total. The van der Waals surface area contributed by atoms with Gasteiger partial charge in [0.25, 0.3) is 10.0 Å². The maximum absolute atomic E-state index is 13.2. The normalized spacial score (nSPS) is 19.5. The van der Waals surface area contributed by atoms with Gasteiger partial charge in [0.15, 0.2) is 0 Å². The monoisotopic (exact) mass is 437 g/mol. The molecule has 1 atom stereocenters. The molecule has 2 aromatic rings. The van der Waals surface area contributed by atoms with Gasteiger partial charge in [0.1, 0.15) is 0 Å². The maximum Gasteiger partial charge on any atom is 0.417 e. The number of halogens is 3. The van der Waals surface area contributed by atoms with Gasteiger partial charge < -0.3 is 0 Å². The average Bonchev–Trinajstić information content (AvgIpc) is 3.46. The van der Waals surface area contributed by atoms with Gasteiger partial charge >= 0.3 is 12.2 Å². The first-order valence-corrected chi connectivity index (χ1v) is 10.8. The fourth-order valence-corrected chi connectivity index (χ4v) is 4.64. The number of carbonyl (C=O) groups excluding carboxylic acids is 1. The Morgan fingerprint density at radius 1 is 1.03 bits per heavy atom. The highest BCUT2D eigenvalue weighted by Crippen LogP contribution is 2.40. The van der Waals surface area contributed by atoms with E-state index in [0.717, 1.165) is 41.3 Å². The first kappa shape index (κ1) is 20.4. The van der Waals surface area contributed by atoms with E-state index in [1.165, 1.54) is 6.07 Å². The van der Waals surface area contributed by atoms with Gasteiger partial charge in [0.05, 0.1) is 16.5 Å². The Labute approximate surface area is 171 Å². The predicted molar refractivity (Wildman–Crippen MR) is 103 cm³/mol. The van der Waals surface area contributed by atoms with E-state index in [-0.39, 0.29) is 5.92 Å². The van der Waals surface area contributed by atoms with Crippen molar-refractivity contribution in [3.8, 4) is 0 Å². The number of nitrogens with zero attached hydrogens (tertiary/aromatic N) is 2. The lowest BCUT2D eigenvalue weighted by Crippen LogP contribution is -2.41. The van der Waals surface area contributed by atoms with Crippen LogP contribution in [0.1, 0.15) is 36.4 Å². The van der Waals surface area contributed by atoms with Crippen molar-refractivity contribution >= 4 is 21.8 Å². The molecule has 0 radical (unpaired) electrons. The molecule has 1 aliphatic heterocycles. The third-order valence-electron chi connectivity index (χ3n) is 5.08. The highest BCUT2D eigenvalue weighted by molar-refractivity contribution is 7.90. The number of alkyl halides is 3. The smallest absolute Gasteiger partial charge is 0.245 e. The van der Waals surface area contributed by atoms with Crippen molar-refractivity contribution < 1.29 is 26.4 Å². The van der Waals surface area contributed by atoms with E-state index in [1.54, 1.807) is 29.0 Å². The zero-order valence-electron chi connectivity index (χ0n) is 15.6. The maximum atomic E-state index is 13.2. The first-order valence-electron chi connectivity index (χ1n) is 9.31. The number of rotatable bonds is 4. The summed E-state index contributed by atoms with van der Waals surface area (Å²) in [6.45, 7) is 0. The quantitative estimate of drug-likeness (QED) is 0.774. The van der Waals surface area contributed by atoms with Crippen LogP contribution in [0.15, 0.2) is 64.6 Å². The standard InChI is InChI=1S/C20H18F3N3O3S/c21-20(22,23)15-8-4-5-9-18(15)30(28,29)25-19(27)26-17(14-6-2-1-3-7-14)12-16(24-26)13-10-11-13/h1-9,13,17H,10-12H2,(H,25,27). The molecule has 2 amide bonds. The molecule has 30 heavy (non-hydrogen) atoms. The molecule has 0 bridgehead atoms. The number of hydrazone groups is 1. The fraction of sp³-hybridized carbons (Fsp3) is 0.300. The largest absolute Gasteiger partial charge is 0.417 e. The van der Waals surface area contributed by atoms with Crippen molar-refractivity contribution in [1.29, 1.82) is 0 Å². The summed E-state index contributed by atoms with van der Waals surface area (Å²) in [5.41, 5.74) is 0.223. The Balaban J connectivity index is 1.63. The summed E-state index contributed by atoms with van der Waals surface area (Å²) in [4.78, 5) is 11.8. The van der Waals surface area contributed by atoms with Crippen molar-refractivity contribution in [2.45, 2.75) is 36.4 Å². The van der Waals surface area contributed by atoms with E-state index in [4.69, 9.17) is 0 Å². The molecule has 2 aromatic carbocycles. The summed E-state index contributed by atoms with van der Waals surface area (Å²) >= 11 is 0. The molecule has 10 heteroatoms. The Hall–Kier alpha value is -2.88. The second-order valence-electron chi connectivity index (χ2n) is 7.25. The van der Waals surface area contributed by atoms with E-state index >= 15 is 0 Å². The summed E-state index contributed by atoms with van der Waals surface area (Å²) in [5, 5.41) is 5.33. The molecule has 1 fully saturated rings. The van der Waals surface area contributed by atoms with Crippen LogP contribution in [0.25, 0.3) is 0 Å². The molecule has 1 heterocycles. The Morgan fingerprint density at radius 3 is 2.30 bits per heavy atom. The number of benzene rings is 2. The number of hydrogen-bond acceptors (Lipinski definition) is 4. The molecule has 158 valence electrons. The zero-order valence-corrected chi connectivity index (χ0v) is 16.4. The number of sulfonamides is 1. The Bertz CT molecular complexity index is 1100. The second kappa shape index (κ2) is 7.42. The van der Waals surface area contributed by atoms with Crippen LogP contribution in [-0.2, 0) is 16.2 Å². The molecule has 0 spiro atoms. The van der Waals surface area contributed by atoms with Crippen molar-refractivity contribution in [1.82, 2.24) is 9.73 Å². The van der Waals surface area contributed by atoms with Gasteiger partial charge in [-0.1, -0.05) is 42.5 Å². The van der Waals surface area contributed by atoms with E-state index in [0.29, 0.717) is 12.5 Å². The lowest BCUT2D eigenvalue weighted by molar-refractivity contribution is -0.139. The topological polar surface area (TPSA) is 78.8 Å². The summed E-state index contributed by atoms with van der Waals surface area (Å²) in [6, 6.07) is 11.1. The molecule has 4 rings (SSSR count). The third kappa shape index (κ3) is 4.04. The highest BCUT2D eigenvalue weighted by Gasteiger charge is 2.41. The molecule has 1 unspecified atom stereocenters. The predicted octanol–water partition coefficient (Wildman–Crippen LogP) is 4.32. The van der Waals surface area contributed by atoms with Crippen molar-refractivity contribution in [3.63, 3.8) is 0 Å². The Morgan fingerprint density at radius 2 is 1.67 bits per heavy atom. The van der Waals surface area contributed by atoms with E-state index in [1.807, 2.05) is 6.07 Å². The van der Waals surface area contributed by atoms with E-state index in [2.05, 4.69) is 5.10 Å². The minimum Gasteiger partial charge on any atom is -0.245 e. The highest BCUT2D eigenvalue weighted by atomic mass is 32.2. The lowest BCUT2D eigenvalue weighted by atomic mass is 10.0. The molecule has 1 saturated carbocycles. The van der Waals surface area contributed by atoms with Gasteiger partial charge in [0, 0.05) is 12.1 Å². The second-order valence-corrected chi connectivity index (χ2v) is 8.90. The van der Waals surface area contributed by atoms with Crippen molar-refractivity contribution in [2.24, 2.45) is 11.0 Å². The van der Waals surface area contributed by atoms with Gasteiger partial charge in [-0.3, -0.25) is 0 Å². The Kier molecular flexibility index (Phi) is 5.05. The van der Waals surface area contributed by atoms with Gasteiger partial charge in [0.2, 0.25) is 0 Å². The number of carbonyl (C=O) groups is 1. The fourth-order valence-electron chi connectivity index (χ4n) is 3.47. The SMILES string of the molecule is O=C(NS(=O)(=O)c1ccccc1C(F)(F)F)N1N=C(C2CC2)CC1c1ccccc1. The van der Waals surface area contributed by atoms with Crippen LogP contribution in [0.3, 0.4) is 0 Å². The van der Waals surface area contributed by atoms with Crippen LogP contribution in [-0.4, -0.2) is 25.2 Å². The van der Waals surface area contributed by atoms with E-state index < -0.39 is 38.7 Å². The number of amides is 2. The van der Waals surface area contributed by atoms with Crippen molar-refractivity contribution in [2.75, 3.05) is 0 Å². The van der Waals surface area contributed by atoms with Crippen molar-refractivity contribution in [3.05, 3.63) is 65.7 Å². The summed E-state index contributed by atoms with van der Waals surface area (Å²) < 4.78 is 66.7. The zero-order chi connectivity index (χ0) is 21.5. The van der Waals surface area contributed by atoms with Gasteiger partial charge in [-0.2, -0.15) is 18.3 Å². The van der Waals surface area contributed by atoms with Gasteiger partial charge in [-0.15, -0.1) is 0 Å². The molecule has 1 aliphatic carbocycles. The average molecular weight is 437 g/mol. The van der Waals surface area contributed by atoms with Gasteiger partial charge in [-0.25, -0.2) is 22.9 Å². The third-order valence-corrected chi connectivity index (χ3v) is 6.46. The molecule has 0 saturated heterocycles. The molecular weight excluding hydrogens is 419 g/mol. The van der Waals surface area contributed by atoms with Crippen LogP contribution in [0.5, 0.6) is 0 Å². The van der Waals surface area contributed by atoms with Crippen LogP contribution in [0, 0.1) is 5.92 Å².